The standard InChI is InChI=1S/C16H15Cl2N/c17-13-7-4-8-14(18)15(13)16(19)9-12(10-16)11-5-2-1-3-6-11/h1-8,12H,9-10,19H2. The highest BCUT2D eigenvalue weighted by molar-refractivity contribution is 6.36. The fraction of sp³-hybridized carbons (Fsp3) is 0.250. The molecule has 3 heteroatoms. The van der Waals surface area contributed by atoms with E-state index >= 15 is 0 Å². The zero-order chi connectivity index (χ0) is 13.5. The molecule has 3 rings (SSSR count). The summed E-state index contributed by atoms with van der Waals surface area (Å²) in [7, 11) is 0. The van der Waals surface area contributed by atoms with Gasteiger partial charge in [0.1, 0.15) is 0 Å². The third-order valence-corrected chi connectivity index (χ3v) is 4.58. The van der Waals surface area contributed by atoms with Gasteiger partial charge in [-0.25, -0.2) is 0 Å². The Morgan fingerprint density at radius 2 is 1.47 bits per heavy atom. The molecule has 0 aliphatic heterocycles. The van der Waals surface area contributed by atoms with Gasteiger partial charge in [-0.05, 0) is 36.5 Å². The number of rotatable bonds is 2. The zero-order valence-corrected chi connectivity index (χ0v) is 12.0. The van der Waals surface area contributed by atoms with Crippen molar-refractivity contribution in [1.29, 1.82) is 0 Å². The van der Waals surface area contributed by atoms with Crippen molar-refractivity contribution in [3.8, 4) is 0 Å². The molecule has 1 nitrogen and oxygen atoms in total. The number of hydrogen-bond donors (Lipinski definition) is 1. The minimum atomic E-state index is -0.393. The minimum Gasteiger partial charge on any atom is -0.321 e. The summed E-state index contributed by atoms with van der Waals surface area (Å²) < 4.78 is 0. The van der Waals surface area contributed by atoms with E-state index in [1.165, 1.54) is 5.56 Å². The van der Waals surface area contributed by atoms with Gasteiger partial charge < -0.3 is 5.73 Å². The molecule has 1 saturated carbocycles. The lowest BCUT2D eigenvalue weighted by Crippen LogP contribution is -2.48. The summed E-state index contributed by atoms with van der Waals surface area (Å²) in [5.41, 5.74) is 8.33. The predicted octanol–water partition coefficient (Wildman–Crippen LogP) is 4.73. The van der Waals surface area contributed by atoms with Crippen molar-refractivity contribution in [2.75, 3.05) is 0 Å². The Labute approximate surface area is 123 Å². The first kappa shape index (κ1) is 13.0. The van der Waals surface area contributed by atoms with Crippen LogP contribution in [0.4, 0.5) is 0 Å². The average molecular weight is 292 g/mol. The van der Waals surface area contributed by atoms with E-state index in [9.17, 15) is 0 Å². The molecule has 0 amide bonds. The third kappa shape index (κ3) is 2.27. The second-order valence-corrected chi connectivity index (χ2v) is 6.08. The zero-order valence-electron chi connectivity index (χ0n) is 10.4. The lowest BCUT2D eigenvalue weighted by molar-refractivity contribution is 0.209. The van der Waals surface area contributed by atoms with Gasteiger partial charge in [0, 0.05) is 21.1 Å². The van der Waals surface area contributed by atoms with Crippen LogP contribution in [0.2, 0.25) is 10.0 Å². The molecule has 2 N–H and O–H groups in total. The van der Waals surface area contributed by atoms with E-state index in [1.807, 2.05) is 24.3 Å². The van der Waals surface area contributed by atoms with Crippen molar-refractivity contribution in [3.63, 3.8) is 0 Å². The largest absolute Gasteiger partial charge is 0.321 e. The molecule has 2 aromatic rings. The highest BCUT2D eigenvalue weighted by Crippen LogP contribution is 2.52. The monoisotopic (exact) mass is 291 g/mol. The number of nitrogens with two attached hydrogens (primary N) is 1. The molecule has 0 aromatic heterocycles. The summed E-state index contributed by atoms with van der Waals surface area (Å²) in [4.78, 5) is 0. The maximum Gasteiger partial charge on any atom is 0.0471 e. The van der Waals surface area contributed by atoms with Crippen LogP contribution < -0.4 is 5.73 Å². The Morgan fingerprint density at radius 1 is 0.895 bits per heavy atom. The quantitative estimate of drug-likeness (QED) is 0.851. The molecule has 0 radical (unpaired) electrons. The van der Waals surface area contributed by atoms with Crippen molar-refractivity contribution in [3.05, 3.63) is 69.7 Å². The topological polar surface area (TPSA) is 26.0 Å². The summed E-state index contributed by atoms with van der Waals surface area (Å²) in [6, 6.07) is 16.0. The van der Waals surface area contributed by atoms with Gasteiger partial charge in [-0.3, -0.25) is 0 Å². The Hall–Kier alpha value is -1.02. The number of benzene rings is 2. The van der Waals surface area contributed by atoms with Gasteiger partial charge in [-0.2, -0.15) is 0 Å². The van der Waals surface area contributed by atoms with Crippen LogP contribution >= 0.6 is 23.2 Å². The summed E-state index contributed by atoms with van der Waals surface area (Å²) in [5.74, 6) is 0.499. The van der Waals surface area contributed by atoms with Gasteiger partial charge in [-0.15, -0.1) is 0 Å². The molecule has 1 fully saturated rings. The highest BCUT2D eigenvalue weighted by Gasteiger charge is 2.44. The Morgan fingerprint density at radius 3 is 2.05 bits per heavy atom. The first-order valence-corrected chi connectivity index (χ1v) is 7.14. The summed E-state index contributed by atoms with van der Waals surface area (Å²) in [5, 5.41) is 1.34. The van der Waals surface area contributed by atoms with Crippen LogP contribution in [-0.4, -0.2) is 0 Å². The van der Waals surface area contributed by atoms with Crippen LogP contribution in [0.1, 0.15) is 29.9 Å². The Kier molecular flexibility index (Phi) is 3.30. The van der Waals surface area contributed by atoms with E-state index in [0.29, 0.717) is 16.0 Å². The van der Waals surface area contributed by atoms with E-state index in [4.69, 9.17) is 28.9 Å². The third-order valence-electron chi connectivity index (χ3n) is 3.95. The van der Waals surface area contributed by atoms with Gasteiger partial charge in [0.25, 0.3) is 0 Å². The fourth-order valence-electron chi connectivity index (χ4n) is 2.96. The van der Waals surface area contributed by atoms with Gasteiger partial charge in [0.05, 0.1) is 0 Å². The molecule has 0 unspecified atom stereocenters. The van der Waals surface area contributed by atoms with E-state index < -0.39 is 5.54 Å². The molecule has 2 aromatic carbocycles. The van der Waals surface area contributed by atoms with E-state index in [-0.39, 0.29) is 0 Å². The van der Waals surface area contributed by atoms with Crippen molar-refractivity contribution in [1.82, 2.24) is 0 Å². The molecule has 0 saturated heterocycles. The maximum absolute atomic E-state index is 6.48. The lowest BCUT2D eigenvalue weighted by atomic mass is 9.63. The summed E-state index contributed by atoms with van der Waals surface area (Å²) in [6.07, 6.45) is 1.78. The first-order valence-electron chi connectivity index (χ1n) is 6.38. The molecule has 19 heavy (non-hydrogen) atoms. The number of halogens is 2. The normalized spacial score (nSPS) is 25.9. The highest BCUT2D eigenvalue weighted by atomic mass is 35.5. The Balaban J connectivity index is 1.85. The van der Waals surface area contributed by atoms with Gasteiger partial charge in [-0.1, -0.05) is 59.6 Å². The molecule has 0 atom stereocenters. The minimum absolute atomic E-state index is 0.393. The average Bonchev–Trinajstić information content (AvgIpc) is 2.36. The van der Waals surface area contributed by atoms with Crippen molar-refractivity contribution in [2.45, 2.75) is 24.3 Å². The lowest BCUT2D eigenvalue weighted by Gasteiger charge is -2.46. The maximum atomic E-state index is 6.48. The second kappa shape index (κ2) is 4.82. The molecule has 0 spiro atoms. The predicted molar refractivity (Wildman–Crippen MR) is 80.7 cm³/mol. The molecular formula is C16H15Cl2N. The molecule has 1 aliphatic carbocycles. The van der Waals surface area contributed by atoms with E-state index in [1.54, 1.807) is 0 Å². The van der Waals surface area contributed by atoms with E-state index in [0.717, 1.165) is 18.4 Å². The summed E-state index contributed by atoms with van der Waals surface area (Å²) in [6.45, 7) is 0. The second-order valence-electron chi connectivity index (χ2n) is 5.27. The van der Waals surface area contributed by atoms with Crippen molar-refractivity contribution >= 4 is 23.2 Å². The Bertz CT molecular complexity index is 569. The molecular weight excluding hydrogens is 277 g/mol. The SMILES string of the molecule is NC1(c2c(Cl)cccc2Cl)CC(c2ccccc2)C1. The molecule has 98 valence electrons. The summed E-state index contributed by atoms with van der Waals surface area (Å²) >= 11 is 12.5. The van der Waals surface area contributed by atoms with Gasteiger partial charge in [0.2, 0.25) is 0 Å². The van der Waals surface area contributed by atoms with Crippen LogP contribution in [0.3, 0.4) is 0 Å². The van der Waals surface area contributed by atoms with E-state index in [2.05, 4.69) is 24.3 Å². The van der Waals surface area contributed by atoms with Crippen molar-refractivity contribution < 1.29 is 0 Å². The smallest absolute Gasteiger partial charge is 0.0471 e. The first-order chi connectivity index (χ1) is 9.10. The van der Waals surface area contributed by atoms with Crippen LogP contribution in [0, 0.1) is 0 Å². The van der Waals surface area contributed by atoms with Crippen LogP contribution in [-0.2, 0) is 5.54 Å². The number of hydrogen-bond acceptors (Lipinski definition) is 1. The molecule has 0 heterocycles. The van der Waals surface area contributed by atoms with Crippen molar-refractivity contribution in [2.24, 2.45) is 5.73 Å². The van der Waals surface area contributed by atoms with Gasteiger partial charge in [0.15, 0.2) is 0 Å². The van der Waals surface area contributed by atoms with Crippen LogP contribution in [0.25, 0.3) is 0 Å². The van der Waals surface area contributed by atoms with Crippen LogP contribution in [0.5, 0.6) is 0 Å². The molecule has 1 aliphatic rings. The van der Waals surface area contributed by atoms with Gasteiger partial charge >= 0.3 is 0 Å². The van der Waals surface area contributed by atoms with Crippen LogP contribution in [0.15, 0.2) is 48.5 Å². The fourth-order valence-corrected chi connectivity index (χ4v) is 3.73. The molecule has 0 bridgehead atoms.